The number of rotatable bonds is 4. The molecule has 2 heterocycles. The average molecular weight is 234 g/mol. The fourth-order valence-corrected chi connectivity index (χ4v) is 2.37. The molecule has 0 spiro atoms. The molecule has 2 aromatic heterocycles. The summed E-state index contributed by atoms with van der Waals surface area (Å²) in [7, 11) is 0. The molecule has 0 unspecified atom stereocenters. The van der Waals surface area contributed by atoms with Crippen LogP contribution in [0.15, 0.2) is 18.6 Å². The molecule has 0 fully saturated rings. The van der Waals surface area contributed by atoms with Gasteiger partial charge in [0, 0.05) is 24.2 Å². The van der Waals surface area contributed by atoms with Crippen molar-refractivity contribution in [3.05, 3.63) is 39.9 Å². The van der Waals surface area contributed by atoms with Gasteiger partial charge in [-0.25, -0.2) is 15.0 Å². The largest absolute Gasteiger partial charge is 0.306 e. The van der Waals surface area contributed by atoms with Gasteiger partial charge in [-0.1, -0.05) is 0 Å². The maximum Gasteiger partial charge on any atom is 0.115 e. The van der Waals surface area contributed by atoms with E-state index < -0.39 is 0 Å². The fourth-order valence-electron chi connectivity index (χ4n) is 1.46. The first-order valence-corrected chi connectivity index (χ1v) is 5.96. The van der Waals surface area contributed by atoms with Crippen LogP contribution in [0.25, 0.3) is 0 Å². The third-order valence-corrected chi connectivity index (χ3v) is 3.31. The molecule has 5 heteroatoms. The molecule has 0 atom stereocenters. The molecule has 2 rings (SSSR count). The minimum atomic E-state index is 0.763. The molecule has 4 nitrogen and oxygen atoms in total. The molecule has 0 saturated heterocycles. The standard InChI is InChI=1S/C11H14N4S/c1-8-11(16-9(2)15-8)6-13-5-10-3-4-12-7-14-10/h3-4,7,13H,5-6H2,1-2H3. The van der Waals surface area contributed by atoms with Crippen LogP contribution in [0.1, 0.15) is 21.3 Å². The Hall–Kier alpha value is -1.33. The summed E-state index contributed by atoms with van der Waals surface area (Å²) in [5.74, 6) is 0. The van der Waals surface area contributed by atoms with Gasteiger partial charge in [0.15, 0.2) is 0 Å². The lowest BCUT2D eigenvalue weighted by atomic mass is 10.3. The van der Waals surface area contributed by atoms with Crippen LogP contribution in [0.5, 0.6) is 0 Å². The normalized spacial score (nSPS) is 10.6. The van der Waals surface area contributed by atoms with Crippen molar-refractivity contribution in [1.29, 1.82) is 0 Å². The van der Waals surface area contributed by atoms with Crippen LogP contribution in [0, 0.1) is 13.8 Å². The highest BCUT2D eigenvalue weighted by Gasteiger charge is 2.03. The summed E-state index contributed by atoms with van der Waals surface area (Å²) in [5, 5.41) is 4.47. The molecule has 0 aliphatic rings. The SMILES string of the molecule is Cc1nc(C)c(CNCc2ccncn2)s1. The Labute approximate surface area is 98.8 Å². The van der Waals surface area contributed by atoms with Gasteiger partial charge in [-0.05, 0) is 19.9 Å². The van der Waals surface area contributed by atoms with Crippen LogP contribution < -0.4 is 5.32 Å². The van der Waals surface area contributed by atoms with E-state index in [0.717, 1.165) is 29.5 Å². The number of hydrogen-bond donors (Lipinski definition) is 1. The first-order valence-electron chi connectivity index (χ1n) is 5.14. The van der Waals surface area contributed by atoms with E-state index >= 15 is 0 Å². The Kier molecular flexibility index (Phi) is 3.58. The van der Waals surface area contributed by atoms with Crippen LogP contribution in [0.4, 0.5) is 0 Å². The first-order chi connectivity index (χ1) is 7.75. The molecule has 1 N–H and O–H groups in total. The second-order valence-electron chi connectivity index (χ2n) is 3.55. The van der Waals surface area contributed by atoms with Crippen molar-refractivity contribution in [2.24, 2.45) is 0 Å². The summed E-state index contributed by atoms with van der Waals surface area (Å²) in [6.45, 7) is 5.69. The minimum Gasteiger partial charge on any atom is -0.306 e. The molecule has 0 amide bonds. The zero-order valence-corrected chi connectivity index (χ0v) is 10.2. The number of nitrogens with one attached hydrogen (secondary N) is 1. The van der Waals surface area contributed by atoms with Gasteiger partial charge in [-0.3, -0.25) is 0 Å². The number of thiazole rings is 1. The monoisotopic (exact) mass is 234 g/mol. The molecule has 16 heavy (non-hydrogen) atoms. The molecule has 0 bridgehead atoms. The van der Waals surface area contributed by atoms with Crippen LogP contribution in [-0.4, -0.2) is 15.0 Å². The Morgan fingerprint density at radius 2 is 2.19 bits per heavy atom. The summed E-state index contributed by atoms with van der Waals surface area (Å²) in [4.78, 5) is 13.7. The second kappa shape index (κ2) is 5.14. The maximum atomic E-state index is 4.39. The predicted octanol–water partition coefficient (Wildman–Crippen LogP) is 1.84. The van der Waals surface area contributed by atoms with E-state index in [0.29, 0.717) is 0 Å². The van der Waals surface area contributed by atoms with Gasteiger partial charge in [-0.15, -0.1) is 11.3 Å². The Morgan fingerprint density at radius 3 is 2.81 bits per heavy atom. The van der Waals surface area contributed by atoms with E-state index in [1.54, 1.807) is 23.9 Å². The van der Waals surface area contributed by atoms with Crippen LogP contribution in [0.2, 0.25) is 0 Å². The highest BCUT2D eigenvalue weighted by atomic mass is 32.1. The van der Waals surface area contributed by atoms with E-state index in [4.69, 9.17) is 0 Å². The van der Waals surface area contributed by atoms with Gasteiger partial charge in [-0.2, -0.15) is 0 Å². The molecular weight excluding hydrogens is 220 g/mol. The minimum absolute atomic E-state index is 0.763. The summed E-state index contributed by atoms with van der Waals surface area (Å²) < 4.78 is 0. The second-order valence-corrected chi connectivity index (χ2v) is 4.83. The third-order valence-electron chi connectivity index (χ3n) is 2.23. The van der Waals surface area contributed by atoms with E-state index in [9.17, 15) is 0 Å². The van der Waals surface area contributed by atoms with Crippen molar-refractivity contribution in [3.8, 4) is 0 Å². The van der Waals surface area contributed by atoms with Crippen molar-refractivity contribution in [1.82, 2.24) is 20.3 Å². The van der Waals surface area contributed by atoms with Crippen molar-refractivity contribution in [2.45, 2.75) is 26.9 Å². The molecule has 84 valence electrons. The zero-order valence-electron chi connectivity index (χ0n) is 9.40. The summed E-state index contributed by atoms with van der Waals surface area (Å²) in [5.41, 5.74) is 2.13. The van der Waals surface area contributed by atoms with Gasteiger partial charge in [0.25, 0.3) is 0 Å². The third kappa shape index (κ3) is 2.84. The number of aryl methyl sites for hydroxylation is 2. The number of nitrogens with zero attached hydrogens (tertiary/aromatic N) is 3. The Morgan fingerprint density at radius 1 is 1.31 bits per heavy atom. The van der Waals surface area contributed by atoms with E-state index in [1.165, 1.54) is 4.88 Å². The molecule has 0 radical (unpaired) electrons. The average Bonchev–Trinajstić information content (AvgIpc) is 2.59. The molecule has 0 aromatic carbocycles. The van der Waals surface area contributed by atoms with Gasteiger partial charge >= 0.3 is 0 Å². The number of hydrogen-bond acceptors (Lipinski definition) is 5. The number of aromatic nitrogens is 3. The first kappa shape index (κ1) is 11.2. The van der Waals surface area contributed by atoms with Crippen molar-refractivity contribution in [2.75, 3.05) is 0 Å². The van der Waals surface area contributed by atoms with Crippen molar-refractivity contribution in [3.63, 3.8) is 0 Å². The van der Waals surface area contributed by atoms with E-state index in [-0.39, 0.29) is 0 Å². The lowest BCUT2D eigenvalue weighted by Crippen LogP contribution is -2.13. The van der Waals surface area contributed by atoms with E-state index in [2.05, 4.69) is 20.3 Å². The van der Waals surface area contributed by atoms with Gasteiger partial charge < -0.3 is 5.32 Å². The Balaban J connectivity index is 1.87. The Bertz CT molecular complexity index is 452. The van der Waals surface area contributed by atoms with Crippen LogP contribution in [0.3, 0.4) is 0 Å². The van der Waals surface area contributed by atoms with Gasteiger partial charge in [0.05, 0.1) is 16.4 Å². The molecule has 0 saturated carbocycles. The maximum absolute atomic E-state index is 4.39. The smallest absolute Gasteiger partial charge is 0.115 e. The van der Waals surface area contributed by atoms with Crippen molar-refractivity contribution >= 4 is 11.3 Å². The molecular formula is C11H14N4S. The highest BCUT2D eigenvalue weighted by molar-refractivity contribution is 7.11. The van der Waals surface area contributed by atoms with Gasteiger partial charge in [0.1, 0.15) is 6.33 Å². The lowest BCUT2D eigenvalue weighted by molar-refractivity contribution is 0.681. The molecule has 2 aromatic rings. The summed E-state index contributed by atoms with van der Waals surface area (Å²) in [6, 6.07) is 1.91. The highest BCUT2D eigenvalue weighted by Crippen LogP contribution is 2.16. The summed E-state index contributed by atoms with van der Waals surface area (Å²) in [6.07, 6.45) is 3.32. The van der Waals surface area contributed by atoms with Crippen molar-refractivity contribution < 1.29 is 0 Å². The fraction of sp³-hybridized carbons (Fsp3) is 0.364. The van der Waals surface area contributed by atoms with Crippen LogP contribution in [-0.2, 0) is 13.1 Å². The predicted molar refractivity (Wildman–Crippen MR) is 64.2 cm³/mol. The topological polar surface area (TPSA) is 50.7 Å². The molecule has 0 aliphatic heterocycles. The summed E-state index contributed by atoms with van der Waals surface area (Å²) >= 11 is 1.74. The van der Waals surface area contributed by atoms with E-state index in [1.807, 2.05) is 19.9 Å². The lowest BCUT2D eigenvalue weighted by Gasteiger charge is -2.02. The van der Waals surface area contributed by atoms with Crippen LogP contribution >= 0.6 is 11.3 Å². The quantitative estimate of drug-likeness (QED) is 0.877. The van der Waals surface area contributed by atoms with Gasteiger partial charge in [0.2, 0.25) is 0 Å². The molecule has 0 aliphatic carbocycles. The zero-order chi connectivity index (χ0) is 11.4.